The van der Waals surface area contributed by atoms with Crippen LogP contribution in [-0.2, 0) is 32.8 Å². The standard InChI is InChI=1S/C33H37ClFN3O3/c1-25(39)38-17-5-16-36(23-26-6-3-2-4-7-26)18-19-37(24-27-22-29(34)10-13-31(27)38)32(40)33(14-20-41-21-15-33)28-8-11-30(35)12-9-28/h2-4,6-13,22H,5,14-21,23-24H2,1H3. The summed E-state index contributed by atoms with van der Waals surface area (Å²) in [6.45, 7) is 6.07. The molecule has 8 heteroatoms. The van der Waals surface area contributed by atoms with Crippen LogP contribution in [0.25, 0.3) is 0 Å². The van der Waals surface area contributed by atoms with E-state index >= 15 is 0 Å². The monoisotopic (exact) mass is 577 g/mol. The van der Waals surface area contributed by atoms with E-state index < -0.39 is 5.41 Å². The van der Waals surface area contributed by atoms with Crippen LogP contribution in [0.4, 0.5) is 10.1 Å². The van der Waals surface area contributed by atoms with E-state index in [9.17, 15) is 14.0 Å². The molecule has 2 aliphatic heterocycles. The molecule has 0 aromatic heterocycles. The van der Waals surface area contributed by atoms with Crippen LogP contribution in [0.1, 0.15) is 42.9 Å². The largest absolute Gasteiger partial charge is 0.381 e. The molecule has 0 spiro atoms. The highest BCUT2D eigenvalue weighted by Gasteiger charge is 2.44. The molecule has 1 saturated heterocycles. The molecule has 0 saturated carbocycles. The van der Waals surface area contributed by atoms with Gasteiger partial charge < -0.3 is 14.5 Å². The lowest BCUT2D eigenvalue weighted by Gasteiger charge is -2.41. The SMILES string of the molecule is CC(=O)N1CCCN(Cc2ccccc2)CCN(C(=O)C2(c3ccc(F)cc3)CCOCC2)Cc2cc(Cl)ccc21. The lowest BCUT2D eigenvalue weighted by Crippen LogP contribution is -2.51. The van der Waals surface area contributed by atoms with Gasteiger partial charge in [-0.1, -0.05) is 54.1 Å². The van der Waals surface area contributed by atoms with Gasteiger partial charge in [0.05, 0.1) is 5.41 Å². The van der Waals surface area contributed by atoms with Crippen molar-refractivity contribution in [2.75, 3.05) is 44.3 Å². The molecule has 0 N–H and O–H groups in total. The Morgan fingerprint density at radius 2 is 1.66 bits per heavy atom. The lowest BCUT2D eigenvalue weighted by atomic mass is 9.73. The number of nitrogens with zero attached hydrogens (tertiary/aromatic N) is 3. The highest BCUT2D eigenvalue weighted by molar-refractivity contribution is 6.30. The quantitative estimate of drug-likeness (QED) is 0.392. The summed E-state index contributed by atoms with van der Waals surface area (Å²) in [6.07, 6.45) is 1.83. The van der Waals surface area contributed by atoms with E-state index in [1.807, 2.05) is 35.2 Å². The van der Waals surface area contributed by atoms with E-state index in [2.05, 4.69) is 17.0 Å². The Labute approximate surface area is 246 Å². The molecule has 6 nitrogen and oxygen atoms in total. The van der Waals surface area contributed by atoms with Gasteiger partial charge in [0.2, 0.25) is 11.8 Å². The van der Waals surface area contributed by atoms with E-state index in [0.717, 1.165) is 36.3 Å². The van der Waals surface area contributed by atoms with Gasteiger partial charge in [-0.3, -0.25) is 14.5 Å². The normalized spacial score (nSPS) is 18.3. The summed E-state index contributed by atoms with van der Waals surface area (Å²) in [7, 11) is 0. The minimum Gasteiger partial charge on any atom is -0.381 e. The highest BCUT2D eigenvalue weighted by atomic mass is 35.5. The number of hydrogen-bond donors (Lipinski definition) is 0. The number of fused-ring (bicyclic) bond motifs is 1. The van der Waals surface area contributed by atoms with Crippen LogP contribution in [0.3, 0.4) is 0 Å². The maximum Gasteiger partial charge on any atom is 0.233 e. The summed E-state index contributed by atoms with van der Waals surface area (Å²) in [5.41, 5.74) is 2.79. The summed E-state index contributed by atoms with van der Waals surface area (Å²) in [5, 5.41) is 0.555. The zero-order chi connectivity index (χ0) is 28.8. The maximum atomic E-state index is 14.7. The van der Waals surface area contributed by atoms with Crippen LogP contribution in [0.5, 0.6) is 0 Å². The average Bonchev–Trinajstić information content (AvgIpc) is 3.01. The van der Waals surface area contributed by atoms with Crippen LogP contribution >= 0.6 is 11.6 Å². The minimum atomic E-state index is -0.824. The summed E-state index contributed by atoms with van der Waals surface area (Å²) in [6, 6.07) is 22.1. The molecule has 0 radical (unpaired) electrons. The maximum absolute atomic E-state index is 14.7. The number of carbonyl (C=O) groups is 2. The fourth-order valence-electron chi connectivity index (χ4n) is 6.09. The molecule has 0 aliphatic carbocycles. The fourth-order valence-corrected chi connectivity index (χ4v) is 6.29. The van der Waals surface area contributed by atoms with Gasteiger partial charge in [0.1, 0.15) is 5.82 Å². The van der Waals surface area contributed by atoms with Crippen molar-refractivity contribution in [3.8, 4) is 0 Å². The fraction of sp³-hybridized carbons (Fsp3) is 0.394. The van der Waals surface area contributed by atoms with Crippen molar-refractivity contribution < 1.29 is 18.7 Å². The van der Waals surface area contributed by atoms with Crippen molar-refractivity contribution in [1.29, 1.82) is 0 Å². The predicted molar refractivity (Wildman–Crippen MR) is 159 cm³/mol. The smallest absolute Gasteiger partial charge is 0.233 e. The Morgan fingerprint density at radius 3 is 2.37 bits per heavy atom. The van der Waals surface area contributed by atoms with E-state index in [-0.39, 0.29) is 17.6 Å². The molecule has 216 valence electrons. The van der Waals surface area contributed by atoms with Gasteiger partial charge in [0, 0.05) is 70.1 Å². The number of ether oxygens (including phenoxy) is 1. The van der Waals surface area contributed by atoms with E-state index in [1.165, 1.54) is 17.7 Å². The third-order valence-electron chi connectivity index (χ3n) is 8.30. The predicted octanol–water partition coefficient (Wildman–Crippen LogP) is 5.81. The van der Waals surface area contributed by atoms with Crippen LogP contribution in [0.2, 0.25) is 5.02 Å². The van der Waals surface area contributed by atoms with Gasteiger partial charge in [-0.05, 0) is 66.3 Å². The number of benzene rings is 3. The second-order valence-electron chi connectivity index (χ2n) is 11.0. The topological polar surface area (TPSA) is 53.1 Å². The van der Waals surface area contributed by atoms with Crippen molar-refractivity contribution in [1.82, 2.24) is 9.80 Å². The molecule has 5 rings (SSSR count). The Balaban J connectivity index is 1.54. The summed E-state index contributed by atoms with van der Waals surface area (Å²) in [5.74, 6) is -0.387. The number of rotatable bonds is 4. The second kappa shape index (κ2) is 13.1. The number of halogens is 2. The number of hydrogen-bond acceptors (Lipinski definition) is 4. The molecule has 3 aromatic carbocycles. The zero-order valence-electron chi connectivity index (χ0n) is 23.5. The van der Waals surface area contributed by atoms with Gasteiger partial charge in [-0.15, -0.1) is 0 Å². The van der Waals surface area contributed by atoms with Gasteiger partial charge in [-0.2, -0.15) is 0 Å². The third kappa shape index (κ3) is 6.80. The van der Waals surface area contributed by atoms with Crippen molar-refractivity contribution in [3.63, 3.8) is 0 Å². The zero-order valence-corrected chi connectivity index (χ0v) is 24.3. The molecule has 0 bridgehead atoms. The van der Waals surface area contributed by atoms with Crippen molar-refractivity contribution in [3.05, 3.63) is 100 Å². The van der Waals surface area contributed by atoms with E-state index in [1.54, 1.807) is 30.0 Å². The lowest BCUT2D eigenvalue weighted by molar-refractivity contribution is -0.142. The first-order valence-electron chi connectivity index (χ1n) is 14.3. The molecule has 0 unspecified atom stereocenters. The first kappa shape index (κ1) is 29.2. The summed E-state index contributed by atoms with van der Waals surface area (Å²) < 4.78 is 19.6. The highest BCUT2D eigenvalue weighted by Crippen LogP contribution is 2.38. The number of amides is 2. The Bertz CT molecular complexity index is 1350. The third-order valence-corrected chi connectivity index (χ3v) is 8.54. The average molecular weight is 578 g/mol. The van der Waals surface area contributed by atoms with E-state index in [0.29, 0.717) is 57.3 Å². The molecule has 0 atom stereocenters. The number of anilines is 1. The Kier molecular flexibility index (Phi) is 9.38. The molecule has 3 aromatic rings. The van der Waals surface area contributed by atoms with Crippen LogP contribution in [-0.4, -0.2) is 61.0 Å². The molecule has 2 amide bonds. The molecule has 1 fully saturated rings. The Morgan fingerprint density at radius 1 is 0.927 bits per heavy atom. The van der Waals surface area contributed by atoms with Crippen LogP contribution < -0.4 is 4.90 Å². The first-order chi connectivity index (χ1) is 19.9. The van der Waals surface area contributed by atoms with Gasteiger partial charge >= 0.3 is 0 Å². The van der Waals surface area contributed by atoms with E-state index in [4.69, 9.17) is 16.3 Å². The molecular formula is C33H37ClFN3O3. The molecular weight excluding hydrogens is 541 g/mol. The van der Waals surface area contributed by atoms with Gasteiger partial charge in [0.25, 0.3) is 0 Å². The van der Waals surface area contributed by atoms with Crippen molar-refractivity contribution in [2.24, 2.45) is 0 Å². The van der Waals surface area contributed by atoms with Gasteiger partial charge in [-0.25, -0.2) is 4.39 Å². The van der Waals surface area contributed by atoms with Crippen LogP contribution in [0.15, 0.2) is 72.8 Å². The second-order valence-corrected chi connectivity index (χ2v) is 11.4. The first-order valence-corrected chi connectivity index (χ1v) is 14.7. The molecule has 2 aliphatic rings. The molecule has 2 heterocycles. The van der Waals surface area contributed by atoms with Crippen molar-refractivity contribution >= 4 is 29.1 Å². The van der Waals surface area contributed by atoms with Crippen molar-refractivity contribution in [2.45, 2.75) is 44.7 Å². The summed E-state index contributed by atoms with van der Waals surface area (Å²) in [4.78, 5) is 33.6. The summed E-state index contributed by atoms with van der Waals surface area (Å²) >= 11 is 6.46. The van der Waals surface area contributed by atoms with Crippen LogP contribution in [0, 0.1) is 5.82 Å². The number of carbonyl (C=O) groups excluding carboxylic acids is 2. The Hall–Kier alpha value is -3.26. The minimum absolute atomic E-state index is 0.00776. The van der Waals surface area contributed by atoms with Gasteiger partial charge in [0.15, 0.2) is 0 Å². The molecule has 41 heavy (non-hydrogen) atoms.